The van der Waals surface area contributed by atoms with E-state index in [1.165, 1.54) is 22.5 Å². The van der Waals surface area contributed by atoms with Crippen LogP contribution in [0, 0.1) is 5.82 Å². The summed E-state index contributed by atoms with van der Waals surface area (Å²) in [6.45, 7) is -0.184. The van der Waals surface area contributed by atoms with Crippen molar-refractivity contribution in [3.8, 4) is 11.3 Å². The Balaban J connectivity index is 1.69. The Bertz CT molecular complexity index is 803. The van der Waals surface area contributed by atoms with Crippen molar-refractivity contribution in [1.29, 1.82) is 0 Å². The molecule has 1 saturated heterocycles. The van der Waals surface area contributed by atoms with E-state index in [2.05, 4.69) is 9.97 Å². The number of thiazole rings is 1. The number of anilines is 1. The Morgan fingerprint density at radius 2 is 1.96 bits per heavy atom. The normalized spacial score (nSPS) is 16.1. The largest absolute Gasteiger partial charge is 0.476 e. The Hall–Kier alpha value is -2.27. The van der Waals surface area contributed by atoms with Crippen LogP contribution in [0.1, 0.15) is 9.80 Å². The Kier molecular flexibility index (Phi) is 5.10. The van der Waals surface area contributed by atoms with Crippen molar-refractivity contribution in [2.75, 3.05) is 37.6 Å². The second-order valence-electron chi connectivity index (χ2n) is 5.75. The fourth-order valence-electron chi connectivity index (χ4n) is 2.68. The lowest BCUT2D eigenvalue weighted by Gasteiger charge is -2.35. The van der Waals surface area contributed by atoms with Gasteiger partial charge in [0.2, 0.25) is 5.01 Å². The van der Waals surface area contributed by atoms with E-state index >= 15 is 0 Å². The topological polar surface area (TPSA) is 69.6 Å². The summed E-state index contributed by atoms with van der Waals surface area (Å²) < 4.78 is 51.7. The van der Waals surface area contributed by atoms with Gasteiger partial charge in [-0.3, -0.25) is 4.90 Å². The summed E-state index contributed by atoms with van der Waals surface area (Å²) >= 11 is 0.927. The molecule has 0 saturated carbocycles. The standard InChI is InChI=1S/C15H14F4N4O2S/c16-10-5-9(11-7-26-13(21-11)14(24)25)6-20-12(10)23-3-1-22(2-4-23)8-15(17,18)19/h5-7H,1-4,8H2,(H,24,25). The van der Waals surface area contributed by atoms with Gasteiger partial charge >= 0.3 is 12.1 Å². The van der Waals surface area contributed by atoms with Gasteiger partial charge < -0.3 is 10.0 Å². The number of alkyl halides is 3. The van der Waals surface area contributed by atoms with E-state index in [0.29, 0.717) is 11.3 Å². The fraction of sp³-hybridized carbons (Fsp3) is 0.400. The number of carbonyl (C=O) groups is 1. The third-order valence-corrected chi connectivity index (χ3v) is 4.71. The SMILES string of the molecule is O=C(O)c1nc(-c2cnc(N3CCN(CC(F)(F)F)CC3)c(F)c2)cs1. The maximum Gasteiger partial charge on any atom is 0.401 e. The maximum atomic E-state index is 14.4. The van der Waals surface area contributed by atoms with E-state index in [0.717, 1.165) is 11.3 Å². The molecule has 3 rings (SSSR count). The summed E-state index contributed by atoms with van der Waals surface area (Å²) in [5, 5.41) is 10.3. The van der Waals surface area contributed by atoms with E-state index in [4.69, 9.17) is 5.11 Å². The van der Waals surface area contributed by atoms with Crippen molar-refractivity contribution in [3.63, 3.8) is 0 Å². The first-order valence-corrected chi connectivity index (χ1v) is 8.50. The smallest absolute Gasteiger partial charge is 0.401 e. The highest BCUT2D eigenvalue weighted by Crippen LogP contribution is 2.26. The number of carboxylic acid groups (broad SMARTS) is 1. The lowest BCUT2D eigenvalue weighted by atomic mass is 10.2. The molecule has 2 aromatic rings. The predicted octanol–water partition coefficient (Wildman–Crippen LogP) is 2.73. The number of carboxylic acids is 1. The van der Waals surface area contributed by atoms with Crippen molar-refractivity contribution in [2.24, 2.45) is 0 Å². The maximum absolute atomic E-state index is 14.4. The van der Waals surface area contributed by atoms with Crippen molar-refractivity contribution < 1.29 is 27.5 Å². The molecular formula is C15H14F4N4O2S. The van der Waals surface area contributed by atoms with Crippen molar-refractivity contribution >= 4 is 23.1 Å². The number of hydrogen-bond acceptors (Lipinski definition) is 6. The van der Waals surface area contributed by atoms with E-state index in [1.807, 2.05) is 0 Å². The highest BCUT2D eigenvalue weighted by molar-refractivity contribution is 7.11. The first-order valence-electron chi connectivity index (χ1n) is 7.62. The molecular weight excluding hydrogens is 376 g/mol. The first-order chi connectivity index (χ1) is 12.2. The summed E-state index contributed by atoms with van der Waals surface area (Å²) in [7, 11) is 0. The average molecular weight is 390 g/mol. The molecule has 2 aromatic heterocycles. The van der Waals surface area contributed by atoms with Crippen molar-refractivity contribution in [3.05, 3.63) is 28.5 Å². The number of aromatic nitrogens is 2. The molecule has 0 bridgehead atoms. The summed E-state index contributed by atoms with van der Waals surface area (Å²) in [5.41, 5.74) is 0.644. The number of halogens is 4. The molecule has 0 spiro atoms. The van der Waals surface area contributed by atoms with Crippen LogP contribution in [-0.2, 0) is 0 Å². The molecule has 6 nitrogen and oxygen atoms in total. The first kappa shape index (κ1) is 18.5. The molecule has 1 aliphatic rings. The number of pyridine rings is 1. The molecule has 0 amide bonds. The van der Waals surface area contributed by atoms with Gasteiger partial charge in [-0.05, 0) is 6.07 Å². The molecule has 0 atom stereocenters. The highest BCUT2D eigenvalue weighted by atomic mass is 32.1. The number of rotatable bonds is 4. The van der Waals surface area contributed by atoms with Gasteiger partial charge in [0, 0.05) is 43.3 Å². The summed E-state index contributed by atoms with van der Waals surface area (Å²) in [4.78, 5) is 21.7. The van der Waals surface area contributed by atoms with Gasteiger partial charge in [0.05, 0.1) is 12.2 Å². The van der Waals surface area contributed by atoms with Crippen LogP contribution in [0.4, 0.5) is 23.4 Å². The van der Waals surface area contributed by atoms with E-state index in [1.54, 1.807) is 4.90 Å². The number of nitrogens with zero attached hydrogens (tertiary/aromatic N) is 4. The zero-order valence-corrected chi connectivity index (χ0v) is 14.1. The average Bonchev–Trinajstić information content (AvgIpc) is 3.04. The molecule has 3 heterocycles. The van der Waals surface area contributed by atoms with Gasteiger partial charge in [-0.25, -0.2) is 19.2 Å². The second-order valence-corrected chi connectivity index (χ2v) is 6.61. The van der Waals surface area contributed by atoms with Crippen LogP contribution < -0.4 is 4.90 Å². The molecule has 1 aliphatic heterocycles. The van der Waals surface area contributed by atoms with Crippen molar-refractivity contribution in [2.45, 2.75) is 6.18 Å². The molecule has 11 heteroatoms. The lowest BCUT2D eigenvalue weighted by molar-refractivity contribution is -0.146. The van der Waals surface area contributed by atoms with Gasteiger partial charge in [0.15, 0.2) is 11.6 Å². The molecule has 1 N–H and O–H groups in total. The van der Waals surface area contributed by atoms with E-state index in [-0.39, 0.29) is 37.0 Å². The van der Waals surface area contributed by atoms with Crippen LogP contribution >= 0.6 is 11.3 Å². The summed E-state index contributed by atoms with van der Waals surface area (Å²) in [5.74, 6) is -1.73. The molecule has 0 aliphatic carbocycles. The Morgan fingerprint density at radius 1 is 1.27 bits per heavy atom. The van der Waals surface area contributed by atoms with Crippen LogP contribution in [0.3, 0.4) is 0 Å². The van der Waals surface area contributed by atoms with Gasteiger partial charge in [0.25, 0.3) is 0 Å². The quantitative estimate of drug-likeness (QED) is 0.810. The third kappa shape index (κ3) is 4.28. The molecule has 0 unspecified atom stereocenters. The van der Waals surface area contributed by atoms with Crippen LogP contribution in [-0.4, -0.2) is 64.8 Å². The monoisotopic (exact) mass is 390 g/mol. The third-order valence-electron chi connectivity index (χ3n) is 3.88. The van der Waals surface area contributed by atoms with Crippen LogP contribution in [0.15, 0.2) is 17.6 Å². The van der Waals surface area contributed by atoms with Gasteiger partial charge in [-0.15, -0.1) is 11.3 Å². The Labute approximate surface area is 149 Å². The fourth-order valence-corrected chi connectivity index (χ4v) is 3.34. The number of aromatic carboxylic acids is 1. The summed E-state index contributed by atoms with van der Waals surface area (Å²) in [6.07, 6.45) is -2.88. The molecule has 1 fully saturated rings. The van der Waals surface area contributed by atoms with Gasteiger partial charge in [0.1, 0.15) is 0 Å². The zero-order chi connectivity index (χ0) is 18.9. The predicted molar refractivity (Wildman–Crippen MR) is 87.0 cm³/mol. The number of piperazine rings is 1. The minimum absolute atomic E-state index is 0.0640. The summed E-state index contributed by atoms with van der Waals surface area (Å²) in [6, 6.07) is 1.20. The zero-order valence-electron chi connectivity index (χ0n) is 13.3. The van der Waals surface area contributed by atoms with Crippen LogP contribution in [0.25, 0.3) is 11.3 Å². The van der Waals surface area contributed by atoms with Crippen LogP contribution in [0.5, 0.6) is 0 Å². The molecule has 0 aromatic carbocycles. The Morgan fingerprint density at radius 3 is 2.50 bits per heavy atom. The van der Waals surface area contributed by atoms with E-state index in [9.17, 15) is 22.4 Å². The highest BCUT2D eigenvalue weighted by Gasteiger charge is 2.32. The lowest BCUT2D eigenvalue weighted by Crippen LogP contribution is -2.49. The van der Waals surface area contributed by atoms with Gasteiger partial charge in [-0.2, -0.15) is 13.2 Å². The minimum atomic E-state index is -4.25. The molecule has 0 radical (unpaired) electrons. The molecule has 26 heavy (non-hydrogen) atoms. The van der Waals surface area contributed by atoms with Gasteiger partial charge in [-0.1, -0.05) is 0 Å². The van der Waals surface area contributed by atoms with E-state index < -0.39 is 24.5 Å². The van der Waals surface area contributed by atoms with Crippen molar-refractivity contribution in [1.82, 2.24) is 14.9 Å². The van der Waals surface area contributed by atoms with Crippen LogP contribution in [0.2, 0.25) is 0 Å². The minimum Gasteiger partial charge on any atom is -0.476 e. The second kappa shape index (κ2) is 7.16. The molecule has 140 valence electrons. The number of hydrogen-bond donors (Lipinski definition) is 1.